The summed E-state index contributed by atoms with van der Waals surface area (Å²) in [5, 5.41) is 0. The van der Waals surface area contributed by atoms with E-state index in [9.17, 15) is 14.4 Å². The largest absolute Gasteiger partial charge is 0.497 e. The van der Waals surface area contributed by atoms with Gasteiger partial charge in [0.1, 0.15) is 11.8 Å². The third-order valence-electron chi connectivity index (χ3n) is 11.8. The van der Waals surface area contributed by atoms with Crippen molar-refractivity contribution in [3.8, 4) is 5.75 Å². The van der Waals surface area contributed by atoms with E-state index in [2.05, 4.69) is 35.2 Å². The number of carbonyl (C=O) groups excluding carboxylic acids is 3. The first-order chi connectivity index (χ1) is 21.5. The predicted molar refractivity (Wildman–Crippen MR) is 168 cm³/mol. The van der Waals surface area contributed by atoms with E-state index in [1.807, 2.05) is 29.2 Å². The van der Waals surface area contributed by atoms with Gasteiger partial charge in [-0.15, -0.1) is 0 Å². The van der Waals surface area contributed by atoms with Gasteiger partial charge in [-0.3, -0.25) is 24.2 Å². The monoisotopic (exact) mass is 597 g/mol. The van der Waals surface area contributed by atoms with Crippen molar-refractivity contribution in [2.24, 2.45) is 29.6 Å². The molecule has 7 heteroatoms. The highest BCUT2D eigenvalue weighted by atomic mass is 16.5. The van der Waals surface area contributed by atoms with Crippen molar-refractivity contribution in [3.05, 3.63) is 65.7 Å². The maximum atomic E-state index is 13.8. The van der Waals surface area contributed by atoms with Crippen LogP contribution < -0.4 is 4.74 Å². The summed E-state index contributed by atoms with van der Waals surface area (Å²) in [7, 11) is 1.62. The van der Waals surface area contributed by atoms with Gasteiger partial charge in [0.05, 0.1) is 13.7 Å². The molecule has 7 nitrogen and oxygen atoms in total. The highest BCUT2D eigenvalue weighted by Gasteiger charge is 2.51. The standard InChI is InChI=1S/C37H47N3O4/c1-44-29-14-11-26(12-15-29)23-40-35(41)18-17-34(37(40)43)39-24-28-21-27(13-16-31(28)36(39)42)30-19-20-38(22-25-7-3-2-4-8-25)33-10-6-5-9-32(30)33/h2-4,7-8,11-12,14-15,27-28,30-34H,5-6,9-10,13,16-24H2,1H3. The van der Waals surface area contributed by atoms with Crippen LogP contribution in [0.15, 0.2) is 54.6 Å². The lowest BCUT2D eigenvalue weighted by Crippen LogP contribution is -2.54. The summed E-state index contributed by atoms with van der Waals surface area (Å²) < 4.78 is 5.25. The zero-order chi connectivity index (χ0) is 30.2. The number of imide groups is 1. The van der Waals surface area contributed by atoms with Crippen molar-refractivity contribution < 1.29 is 19.1 Å². The van der Waals surface area contributed by atoms with Crippen LogP contribution in [0.1, 0.15) is 75.3 Å². The number of rotatable bonds is 7. The minimum absolute atomic E-state index is 0.0343. The molecule has 3 saturated heterocycles. The molecule has 2 aromatic rings. The molecule has 2 aromatic carbocycles. The predicted octanol–water partition coefficient (Wildman–Crippen LogP) is 5.67. The molecule has 0 radical (unpaired) electrons. The molecule has 44 heavy (non-hydrogen) atoms. The Hall–Kier alpha value is -3.19. The first kappa shape index (κ1) is 29.5. The molecule has 0 N–H and O–H groups in total. The van der Waals surface area contributed by atoms with Crippen LogP contribution in [0.5, 0.6) is 5.75 Å². The number of hydrogen-bond acceptors (Lipinski definition) is 5. The molecule has 5 aliphatic rings. The number of hydrogen-bond donors (Lipinski definition) is 0. The Kier molecular flexibility index (Phi) is 8.50. The van der Waals surface area contributed by atoms with E-state index in [4.69, 9.17) is 4.74 Å². The summed E-state index contributed by atoms with van der Waals surface area (Å²) in [6.07, 6.45) is 10.5. The molecule has 3 amide bonds. The van der Waals surface area contributed by atoms with E-state index in [1.165, 1.54) is 49.1 Å². The molecule has 0 bridgehead atoms. The lowest BCUT2D eigenvalue weighted by atomic mass is 9.62. The smallest absolute Gasteiger partial charge is 0.252 e. The molecule has 3 heterocycles. The molecule has 2 saturated carbocycles. The van der Waals surface area contributed by atoms with E-state index in [1.54, 1.807) is 7.11 Å². The van der Waals surface area contributed by atoms with Gasteiger partial charge < -0.3 is 9.64 Å². The average molecular weight is 598 g/mol. The lowest BCUT2D eigenvalue weighted by Gasteiger charge is -2.51. The topological polar surface area (TPSA) is 70.2 Å². The quantitative estimate of drug-likeness (QED) is 0.385. The van der Waals surface area contributed by atoms with Gasteiger partial charge in [-0.25, -0.2) is 0 Å². The number of piperidine rings is 2. The van der Waals surface area contributed by atoms with Crippen LogP contribution in [-0.4, -0.2) is 64.7 Å². The van der Waals surface area contributed by atoms with Crippen LogP contribution in [0.25, 0.3) is 0 Å². The molecule has 0 spiro atoms. The first-order valence-electron chi connectivity index (χ1n) is 17.1. The van der Waals surface area contributed by atoms with Gasteiger partial charge in [-0.05, 0) is 98.4 Å². The fraction of sp³-hybridized carbons (Fsp3) is 0.595. The van der Waals surface area contributed by atoms with E-state index in [0.29, 0.717) is 37.3 Å². The molecule has 7 rings (SSSR count). The van der Waals surface area contributed by atoms with Gasteiger partial charge in [0.25, 0.3) is 5.91 Å². The lowest BCUT2D eigenvalue weighted by molar-refractivity contribution is -0.157. The second-order valence-electron chi connectivity index (χ2n) is 14.1. The van der Waals surface area contributed by atoms with Gasteiger partial charge in [-0.2, -0.15) is 0 Å². The molecule has 7 unspecified atom stereocenters. The van der Waals surface area contributed by atoms with Crippen molar-refractivity contribution in [1.29, 1.82) is 0 Å². The fourth-order valence-electron chi connectivity index (χ4n) is 9.63. The van der Waals surface area contributed by atoms with Crippen molar-refractivity contribution in [1.82, 2.24) is 14.7 Å². The highest BCUT2D eigenvalue weighted by Crippen LogP contribution is 2.50. The van der Waals surface area contributed by atoms with Crippen LogP contribution in [0.3, 0.4) is 0 Å². The number of amides is 3. The Morgan fingerprint density at radius 2 is 1.52 bits per heavy atom. The maximum absolute atomic E-state index is 13.8. The van der Waals surface area contributed by atoms with Crippen molar-refractivity contribution in [3.63, 3.8) is 0 Å². The fourth-order valence-corrected chi connectivity index (χ4v) is 9.63. The summed E-state index contributed by atoms with van der Waals surface area (Å²) in [6.45, 7) is 3.13. The van der Waals surface area contributed by atoms with Gasteiger partial charge in [-0.1, -0.05) is 55.3 Å². The van der Waals surface area contributed by atoms with Crippen LogP contribution in [0, 0.1) is 29.6 Å². The third kappa shape index (κ3) is 5.68. The molecular formula is C37H47N3O4. The number of nitrogens with zero attached hydrogens (tertiary/aromatic N) is 3. The van der Waals surface area contributed by atoms with Gasteiger partial charge in [0.15, 0.2) is 0 Å². The van der Waals surface area contributed by atoms with Crippen molar-refractivity contribution >= 4 is 17.7 Å². The third-order valence-corrected chi connectivity index (χ3v) is 11.8. The maximum Gasteiger partial charge on any atom is 0.252 e. The SMILES string of the molecule is COc1ccc(CN2C(=O)CCC(N3CC4CC(C5CCN(Cc6ccccc6)C6CCCCC56)CCC4C3=O)C2=O)cc1. The molecule has 3 aliphatic heterocycles. The Morgan fingerprint density at radius 1 is 0.750 bits per heavy atom. The second kappa shape index (κ2) is 12.7. The number of carbonyl (C=O) groups is 3. The zero-order valence-electron chi connectivity index (χ0n) is 26.1. The Morgan fingerprint density at radius 3 is 2.32 bits per heavy atom. The van der Waals surface area contributed by atoms with Gasteiger partial charge >= 0.3 is 0 Å². The van der Waals surface area contributed by atoms with E-state index < -0.39 is 6.04 Å². The van der Waals surface area contributed by atoms with Crippen LogP contribution >= 0.6 is 0 Å². The normalized spacial score (nSPS) is 32.8. The minimum atomic E-state index is -0.522. The number of ether oxygens (including phenoxy) is 1. The summed E-state index contributed by atoms with van der Waals surface area (Å²) >= 11 is 0. The molecule has 0 aromatic heterocycles. The summed E-state index contributed by atoms with van der Waals surface area (Å²) in [5.74, 6) is 3.06. The van der Waals surface area contributed by atoms with Crippen molar-refractivity contribution in [2.45, 2.75) is 89.4 Å². The molecular weight excluding hydrogens is 550 g/mol. The molecule has 7 atom stereocenters. The number of fused-ring (bicyclic) bond motifs is 2. The van der Waals surface area contributed by atoms with Crippen molar-refractivity contribution in [2.75, 3.05) is 20.2 Å². The Labute approximate surface area is 261 Å². The number of benzene rings is 2. The van der Waals surface area contributed by atoms with Gasteiger partial charge in [0, 0.05) is 31.5 Å². The number of likely N-dealkylation sites (tertiary alicyclic amines) is 3. The second-order valence-corrected chi connectivity index (χ2v) is 14.1. The highest BCUT2D eigenvalue weighted by molar-refractivity contribution is 6.02. The Balaban J connectivity index is 1.01. The zero-order valence-corrected chi connectivity index (χ0v) is 26.1. The van der Waals surface area contributed by atoms with Crippen LogP contribution in [-0.2, 0) is 27.5 Å². The van der Waals surface area contributed by atoms with E-state index in [-0.39, 0.29) is 30.2 Å². The van der Waals surface area contributed by atoms with Crippen LogP contribution in [0.2, 0.25) is 0 Å². The average Bonchev–Trinajstić information content (AvgIpc) is 3.39. The summed E-state index contributed by atoms with van der Waals surface area (Å²) in [5.41, 5.74) is 2.30. The van der Waals surface area contributed by atoms with E-state index in [0.717, 1.165) is 49.0 Å². The molecule has 5 fully saturated rings. The van der Waals surface area contributed by atoms with E-state index >= 15 is 0 Å². The number of methoxy groups -OCH3 is 1. The minimum Gasteiger partial charge on any atom is -0.497 e. The van der Waals surface area contributed by atoms with Crippen LogP contribution in [0.4, 0.5) is 0 Å². The molecule has 234 valence electrons. The first-order valence-corrected chi connectivity index (χ1v) is 17.1. The van der Waals surface area contributed by atoms with Gasteiger partial charge in [0.2, 0.25) is 11.8 Å². The molecule has 2 aliphatic carbocycles. The summed E-state index contributed by atoms with van der Waals surface area (Å²) in [4.78, 5) is 46.4. The Bertz CT molecular complexity index is 1350. The summed E-state index contributed by atoms with van der Waals surface area (Å²) in [6, 6.07) is 18.6.